The molecule has 0 atom stereocenters. The molecule has 1 amide bonds. The van der Waals surface area contributed by atoms with Gasteiger partial charge in [0.1, 0.15) is 5.69 Å². The van der Waals surface area contributed by atoms with Gasteiger partial charge in [-0.05, 0) is 56.2 Å². The standard InChI is InChI=1S/C24H33N3O2/c1-18-7-9-20(10-8-18)17-27-22-6-4-3-5-21(22)19(2)23(27)24(28)25-11-12-26-13-15-29-16-14-26/h7-10H,3-6,11-17H2,1-2H3,(H,25,28). The molecular formula is C24H33N3O2. The molecule has 156 valence electrons. The third-order valence-corrected chi connectivity index (χ3v) is 6.34. The van der Waals surface area contributed by atoms with E-state index >= 15 is 0 Å². The zero-order valence-corrected chi connectivity index (χ0v) is 17.8. The molecule has 4 rings (SSSR count). The third kappa shape index (κ3) is 4.57. The number of nitrogens with one attached hydrogen (secondary N) is 1. The fraction of sp³-hybridized carbons (Fsp3) is 0.542. The smallest absolute Gasteiger partial charge is 0.268 e. The van der Waals surface area contributed by atoms with Crippen molar-refractivity contribution in [1.29, 1.82) is 0 Å². The van der Waals surface area contributed by atoms with Gasteiger partial charge in [-0.25, -0.2) is 0 Å². The quantitative estimate of drug-likeness (QED) is 0.818. The van der Waals surface area contributed by atoms with E-state index in [9.17, 15) is 4.79 Å². The van der Waals surface area contributed by atoms with Crippen molar-refractivity contribution < 1.29 is 9.53 Å². The number of hydrogen-bond donors (Lipinski definition) is 1. The van der Waals surface area contributed by atoms with Gasteiger partial charge in [-0.3, -0.25) is 9.69 Å². The minimum Gasteiger partial charge on any atom is -0.379 e. The Labute approximate surface area is 174 Å². The Hall–Kier alpha value is -2.11. The van der Waals surface area contributed by atoms with Crippen LogP contribution in [0.25, 0.3) is 0 Å². The van der Waals surface area contributed by atoms with Crippen LogP contribution in [-0.2, 0) is 24.1 Å². The average molecular weight is 396 g/mol. The van der Waals surface area contributed by atoms with Crippen molar-refractivity contribution in [1.82, 2.24) is 14.8 Å². The van der Waals surface area contributed by atoms with Gasteiger partial charge < -0.3 is 14.6 Å². The fourth-order valence-electron chi connectivity index (χ4n) is 4.65. The highest BCUT2D eigenvalue weighted by molar-refractivity contribution is 5.95. The molecule has 0 saturated carbocycles. The van der Waals surface area contributed by atoms with Crippen molar-refractivity contribution >= 4 is 5.91 Å². The molecule has 1 fully saturated rings. The van der Waals surface area contributed by atoms with Crippen LogP contribution >= 0.6 is 0 Å². The molecule has 1 aromatic heterocycles. The fourth-order valence-corrected chi connectivity index (χ4v) is 4.65. The number of fused-ring (bicyclic) bond motifs is 1. The molecule has 2 aromatic rings. The number of nitrogens with zero attached hydrogens (tertiary/aromatic N) is 2. The number of ether oxygens (including phenoxy) is 1. The van der Waals surface area contributed by atoms with Crippen LogP contribution in [0.4, 0.5) is 0 Å². The lowest BCUT2D eigenvalue weighted by Gasteiger charge is -2.26. The molecule has 0 unspecified atom stereocenters. The van der Waals surface area contributed by atoms with Crippen molar-refractivity contribution in [2.45, 2.75) is 46.1 Å². The molecule has 1 aliphatic carbocycles. The first-order valence-corrected chi connectivity index (χ1v) is 11.0. The number of aryl methyl sites for hydroxylation is 1. The maximum absolute atomic E-state index is 13.2. The third-order valence-electron chi connectivity index (χ3n) is 6.34. The van der Waals surface area contributed by atoms with Crippen LogP contribution < -0.4 is 5.32 Å². The first kappa shape index (κ1) is 20.2. The highest BCUT2D eigenvalue weighted by Crippen LogP contribution is 2.30. The molecule has 0 radical (unpaired) electrons. The highest BCUT2D eigenvalue weighted by Gasteiger charge is 2.26. The predicted octanol–water partition coefficient (Wildman–Crippen LogP) is 3.09. The summed E-state index contributed by atoms with van der Waals surface area (Å²) < 4.78 is 7.70. The molecule has 1 aromatic carbocycles. The summed E-state index contributed by atoms with van der Waals surface area (Å²) in [6, 6.07) is 8.67. The van der Waals surface area contributed by atoms with E-state index in [0.29, 0.717) is 6.54 Å². The molecule has 5 nitrogen and oxygen atoms in total. The van der Waals surface area contributed by atoms with Crippen molar-refractivity contribution in [3.8, 4) is 0 Å². The van der Waals surface area contributed by atoms with Gasteiger partial charge in [-0.2, -0.15) is 0 Å². The Balaban J connectivity index is 1.53. The summed E-state index contributed by atoms with van der Waals surface area (Å²) in [6.07, 6.45) is 4.60. The first-order valence-electron chi connectivity index (χ1n) is 11.0. The normalized spacial score (nSPS) is 17.2. The van der Waals surface area contributed by atoms with Crippen molar-refractivity contribution in [2.75, 3.05) is 39.4 Å². The SMILES string of the molecule is Cc1ccc(Cn2c3c(c(C)c2C(=O)NCCN2CCOCC2)CCCC3)cc1. The number of aromatic nitrogens is 1. The molecule has 1 aliphatic heterocycles. The zero-order valence-electron chi connectivity index (χ0n) is 17.8. The van der Waals surface area contributed by atoms with Crippen LogP contribution in [0.1, 0.15) is 51.3 Å². The van der Waals surface area contributed by atoms with Crippen LogP contribution in [-0.4, -0.2) is 54.8 Å². The summed E-state index contributed by atoms with van der Waals surface area (Å²) in [5.74, 6) is 0.0669. The number of carbonyl (C=O) groups excluding carboxylic acids is 1. The van der Waals surface area contributed by atoms with Crippen LogP contribution in [0.3, 0.4) is 0 Å². The van der Waals surface area contributed by atoms with Crippen LogP contribution in [0.15, 0.2) is 24.3 Å². The summed E-state index contributed by atoms with van der Waals surface area (Å²) in [6.45, 7) is 10.1. The van der Waals surface area contributed by atoms with Gasteiger partial charge >= 0.3 is 0 Å². The van der Waals surface area contributed by atoms with E-state index < -0.39 is 0 Å². The minimum atomic E-state index is 0.0669. The van der Waals surface area contributed by atoms with Crippen molar-refractivity contribution in [3.05, 3.63) is 57.9 Å². The number of carbonyl (C=O) groups is 1. The van der Waals surface area contributed by atoms with Gasteiger partial charge in [0.2, 0.25) is 0 Å². The van der Waals surface area contributed by atoms with E-state index in [4.69, 9.17) is 4.74 Å². The van der Waals surface area contributed by atoms with Gasteiger partial charge in [0.15, 0.2) is 0 Å². The molecule has 5 heteroatoms. The second-order valence-corrected chi connectivity index (χ2v) is 8.39. The molecule has 29 heavy (non-hydrogen) atoms. The number of amides is 1. The van der Waals surface area contributed by atoms with E-state index in [1.807, 2.05) is 0 Å². The topological polar surface area (TPSA) is 46.5 Å². The Kier molecular flexibility index (Phi) is 6.36. The first-order chi connectivity index (χ1) is 14.1. The molecule has 2 heterocycles. The van der Waals surface area contributed by atoms with E-state index in [1.165, 1.54) is 40.8 Å². The van der Waals surface area contributed by atoms with Crippen LogP contribution in [0, 0.1) is 13.8 Å². The zero-order chi connectivity index (χ0) is 20.2. The Morgan fingerprint density at radius 1 is 1.07 bits per heavy atom. The van der Waals surface area contributed by atoms with E-state index in [2.05, 4.69) is 52.9 Å². The summed E-state index contributed by atoms with van der Waals surface area (Å²) in [7, 11) is 0. The maximum Gasteiger partial charge on any atom is 0.268 e. The summed E-state index contributed by atoms with van der Waals surface area (Å²) in [5, 5.41) is 3.19. The molecule has 0 spiro atoms. The Bertz CT molecular complexity index is 848. The van der Waals surface area contributed by atoms with E-state index in [-0.39, 0.29) is 5.91 Å². The molecule has 1 saturated heterocycles. The van der Waals surface area contributed by atoms with E-state index in [1.54, 1.807) is 0 Å². The monoisotopic (exact) mass is 395 g/mol. The average Bonchev–Trinajstić information content (AvgIpc) is 3.02. The van der Waals surface area contributed by atoms with Gasteiger partial charge in [0.25, 0.3) is 5.91 Å². The Morgan fingerprint density at radius 2 is 1.79 bits per heavy atom. The van der Waals surface area contributed by atoms with Crippen molar-refractivity contribution in [2.24, 2.45) is 0 Å². The molecular weight excluding hydrogens is 362 g/mol. The number of morpholine rings is 1. The number of hydrogen-bond acceptors (Lipinski definition) is 3. The van der Waals surface area contributed by atoms with Gasteiger partial charge in [0, 0.05) is 38.4 Å². The van der Waals surface area contributed by atoms with Crippen LogP contribution in [0.5, 0.6) is 0 Å². The minimum absolute atomic E-state index is 0.0669. The van der Waals surface area contributed by atoms with Crippen molar-refractivity contribution in [3.63, 3.8) is 0 Å². The van der Waals surface area contributed by atoms with Gasteiger partial charge in [0.05, 0.1) is 13.2 Å². The number of benzene rings is 1. The summed E-state index contributed by atoms with van der Waals surface area (Å²) in [4.78, 5) is 15.6. The second-order valence-electron chi connectivity index (χ2n) is 8.39. The lowest BCUT2D eigenvalue weighted by molar-refractivity contribution is 0.0383. The van der Waals surface area contributed by atoms with E-state index in [0.717, 1.165) is 57.9 Å². The molecule has 2 aliphatic rings. The summed E-state index contributed by atoms with van der Waals surface area (Å²) in [5.41, 5.74) is 7.33. The second kappa shape index (κ2) is 9.14. The summed E-state index contributed by atoms with van der Waals surface area (Å²) >= 11 is 0. The maximum atomic E-state index is 13.2. The van der Waals surface area contributed by atoms with Gasteiger partial charge in [-0.1, -0.05) is 29.8 Å². The molecule has 1 N–H and O–H groups in total. The largest absolute Gasteiger partial charge is 0.379 e. The lowest BCUT2D eigenvalue weighted by atomic mass is 9.95. The predicted molar refractivity (Wildman–Crippen MR) is 116 cm³/mol. The lowest BCUT2D eigenvalue weighted by Crippen LogP contribution is -2.41. The highest BCUT2D eigenvalue weighted by atomic mass is 16.5. The Morgan fingerprint density at radius 3 is 2.55 bits per heavy atom. The van der Waals surface area contributed by atoms with Crippen LogP contribution in [0.2, 0.25) is 0 Å². The van der Waals surface area contributed by atoms with Gasteiger partial charge in [-0.15, -0.1) is 0 Å². The number of rotatable bonds is 6. The molecule has 0 bridgehead atoms.